The van der Waals surface area contributed by atoms with Crippen LogP contribution in [0.3, 0.4) is 0 Å². The molecule has 0 saturated carbocycles. The zero-order valence-electron chi connectivity index (χ0n) is 8.88. The van der Waals surface area contributed by atoms with Gasteiger partial charge >= 0.3 is 0 Å². The Kier molecular flexibility index (Phi) is 4.29. The van der Waals surface area contributed by atoms with Crippen LogP contribution in [0.25, 0.3) is 0 Å². The van der Waals surface area contributed by atoms with Crippen LogP contribution in [0.2, 0.25) is 0 Å². The SMILES string of the molecule is CC(C)=COC(C)C1CCCOC1. The predicted octanol–water partition coefficient (Wildman–Crippen LogP) is 2.74. The van der Waals surface area contributed by atoms with E-state index in [1.165, 1.54) is 18.4 Å². The molecule has 1 fully saturated rings. The second-order valence-corrected chi connectivity index (χ2v) is 4.01. The molecular weight excluding hydrogens is 164 g/mol. The third kappa shape index (κ3) is 3.81. The van der Waals surface area contributed by atoms with Gasteiger partial charge in [-0.15, -0.1) is 0 Å². The van der Waals surface area contributed by atoms with Crippen LogP contribution in [-0.4, -0.2) is 19.3 Å². The smallest absolute Gasteiger partial charge is 0.1000 e. The van der Waals surface area contributed by atoms with Crippen molar-refractivity contribution < 1.29 is 9.47 Å². The molecule has 0 aromatic heterocycles. The maximum Gasteiger partial charge on any atom is 0.1000 e. The molecule has 1 aliphatic heterocycles. The molecule has 0 radical (unpaired) electrons. The van der Waals surface area contributed by atoms with Crippen LogP contribution in [0.15, 0.2) is 11.8 Å². The Labute approximate surface area is 80.9 Å². The first-order valence-corrected chi connectivity index (χ1v) is 5.06. The van der Waals surface area contributed by atoms with Gasteiger partial charge in [0.2, 0.25) is 0 Å². The molecule has 13 heavy (non-hydrogen) atoms. The van der Waals surface area contributed by atoms with E-state index >= 15 is 0 Å². The van der Waals surface area contributed by atoms with Gasteiger partial charge in [0.15, 0.2) is 0 Å². The van der Waals surface area contributed by atoms with Gasteiger partial charge in [-0.3, -0.25) is 0 Å². The lowest BCUT2D eigenvalue weighted by Gasteiger charge is -2.27. The topological polar surface area (TPSA) is 18.5 Å². The molecule has 2 atom stereocenters. The highest BCUT2D eigenvalue weighted by atomic mass is 16.5. The van der Waals surface area contributed by atoms with Gasteiger partial charge in [-0.05, 0) is 39.2 Å². The molecule has 2 nitrogen and oxygen atoms in total. The molecule has 2 unspecified atom stereocenters. The Bertz CT molecular complexity index is 165. The minimum absolute atomic E-state index is 0.287. The summed E-state index contributed by atoms with van der Waals surface area (Å²) in [5, 5.41) is 0. The monoisotopic (exact) mass is 184 g/mol. The third-order valence-corrected chi connectivity index (χ3v) is 2.38. The van der Waals surface area contributed by atoms with Crippen molar-refractivity contribution in [1.29, 1.82) is 0 Å². The molecule has 0 bridgehead atoms. The number of hydrogen-bond acceptors (Lipinski definition) is 2. The second kappa shape index (κ2) is 5.28. The summed E-state index contributed by atoms with van der Waals surface area (Å²) in [6, 6.07) is 0. The van der Waals surface area contributed by atoms with E-state index < -0.39 is 0 Å². The molecular formula is C11H20O2. The van der Waals surface area contributed by atoms with Crippen molar-refractivity contribution in [2.75, 3.05) is 13.2 Å². The first kappa shape index (κ1) is 10.6. The largest absolute Gasteiger partial charge is 0.498 e. The van der Waals surface area contributed by atoms with Crippen LogP contribution >= 0.6 is 0 Å². The first-order valence-electron chi connectivity index (χ1n) is 5.06. The van der Waals surface area contributed by atoms with Gasteiger partial charge in [0, 0.05) is 12.5 Å². The second-order valence-electron chi connectivity index (χ2n) is 4.01. The summed E-state index contributed by atoms with van der Waals surface area (Å²) in [6.07, 6.45) is 4.54. The van der Waals surface area contributed by atoms with Crippen molar-refractivity contribution in [1.82, 2.24) is 0 Å². The van der Waals surface area contributed by atoms with E-state index in [4.69, 9.17) is 9.47 Å². The molecule has 2 heteroatoms. The molecule has 0 aromatic carbocycles. The molecule has 0 aliphatic carbocycles. The van der Waals surface area contributed by atoms with Gasteiger partial charge in [-0.1, -0.05) is 0 Å². The average Bonchev–Trinajstić information content (AvgIpc) is 2.15. The maximum absolute atomic E-state index is 5.60. The lowest BCUT2D eigenvalue weighted by Crippen LogP contribution is -2.28. The standard InChI is InChI=1S/C11H20O2/c1-9(2)7-13-10(3)11-5-4-6-12-8-11/h7,10-11H,4-6,8H2,1-3H3. The Morgan fingerprint density at radius 3 is 2.85 bits per heavy atom. The molecule has 0 amide bonds. The van der Waals surface area contributed by atoms with E-state index in [2.05, 4.69) is 6.92 Å². The minimum atomic E-state index is 0.287. The zero-order chi connectivity index (χ0) is 9.68. The summed E-state index contributed by atoms with van der Waals surface area (Å²) in [5.74, 6) is 0.573. The molecule has 1 rings (SSSR count). The number of hydrogen-bond donors (Lipinski definition) is 0. The Balaban J connectivity index is 2.28. The molecule has 76 valence electrons. The highest BCUT2D eigenvalue weighted by Crippen LogP contribution is 2.19. The normalized spacial score (nSPS) is 25.0. The fourth-order valence-electron chi connectivity index (χ4n) is 1.49. The van der Waals surface area contributed by atoms with E-state index in [-0.39, 0.29) is 6.10 Å². The van der Waals surface area contributed by atoms with Gasteiger partial charge in [0.25, 0.3) is 0 Å². The molecule has 1 saturated heterocycles. The third-order valence-electron chi connectivity index (χ3n) is 2.38. The molecule has 1 aliphatic rings. The summed E-state index contributed by atoms with van der Waals surface area (Å²) >= 11 is 0. The van der Waals surface area contributed by atoms with Crippen molar-refractivity contribution >= 4 is 0 Å². The fourth-order valence-corrected chi connectivity index (χ4v) is 1.49. The summed E-state index contributed by atoms with van der Waals surface area (Å²) in [7, 11) is 0. The summed E-state index contributed by atoms with van der Waals surface area (Å²) in [4.78, 5) is 0. The quantitative estimate of drug-likeness (QED) is 0.628. The Morgan fingerprint density at radius 1 is 1.54 bits per heavy atom. The van der Waals surface area contributed by atoms with E-state index in [9.17, 15) is 0 Å². The van der Waals surface area contributed by atoms with Crippen molar-refractivity contribution in [2.24, 2.45) is 5.92 Å². The number of ether oxygens (including phenoxy) is 2. The summed E-state index contributed by atoms with van der Waals surface area (Å²) in [5.41, 5.74) is 1.21. The van der Waals surface area contributed by atoms with Crippen molar-refractivity contribution in [3.05, 3.63) is 11.8 Å². The minimum Gasteiger partial charge on any atom is -0.498 e. The van der Waals surface area contributed by atoms with E-state index in [1.54, 1.807) is 0 Å². The fraction of sp³-hybridized carbons (Fsp3) is 0.818. The molecule has 0 N–H and O–H groups in total. The van der Waals surface area contributed by atoms with Gasteiger partial charge in [-0.25, -0.2) is 0 Å². The summed E-state index contributed by atoms with van der Waals surface area (Å²) < 4.78 is 11.0. The zero-order valence-corrected chi connectivity index (χ0v) is 8.88. The van der Waals surface area contributed by atoms with Crippen LogP contribution in [0, 0.1) is 5.92 Å². The van der Waals surface area contributed by atoms with Gasteiger partial charge < -0.3 is 9.47 Å². The lowest BCUT2D eigenvalue weighted by molar-refractivity contribution is -0.00804. The molecule has 0 aromatic rings. The average molecular weight is 184 g/mol. The molecule has 1 heterocycles. The van der Waals surface area contributed by atoms with Crippen LogP contribution in [0.1, 0.15) is 33.6 Å². The van der Waals surface area contributed by atoms with Crippen LogP contribution < -0.4 is 0 Å². The number of allylic oxidation sites excluding steroid dienone is 1. The Hall–Kier alpha value is -0.500. The molecule has 0 spiro atoms. The predicted molar refractivity (Wildman–Crippen MR) is 53.5 cm³/mol. The van der Waals surface area contributed by atoms with E-state index in [0.717, 1.165) is 13.2 Å². The van der Waals surface area contributed by atoms with Gasteiger partial charge in [0.05, 0.1) is 19.0 Å². The van der Waals surface area contributed by atoms with Crippen molar-refractivity contribution in [3.63, 3.8) is 0 Å². The lowest BCUT2D eigenvalue weighted by atomic mass is 9.97. The number of rotatable bonds is 3. The van der Waals surface area contributed by atoms with Crippen molar-refractivity contribution in [3.8, 4) is 0 Å². The van der Waals surface area contributed by atoms with Gasteiger partial charge in [-0.2, -0.15) is 0 Å². The van der Waals surface area contributed by atoms with Crippen LogP contribution in [-0.2, 0) is 9.47 Å². The van der Waals surface area contributed by atoms with Crippen LogP contribution in [0.4, 0.5) is 0 Å². The highest BCUT2D eigenvalue weighted by molar-refractivity contribution is 4.87. The van der Waals surface area contributed by atoms with Crippen molar-refractivity contribution in [2.45, 2.75) is 39.7 Å². The maximum atomic E-state index is 5.60. The van der Waals surface area contributed by atoms with Gasteiger partial charge in [0.1, 0.15) is 0 Å². The first-order chi connectivity index (χ1) is 6.20. The highest BCUT2D eigenvalue weighted by Gasteiger charge is 2.20. The Morgan fingerprint density at radius 2 is 2.31 bits per heavy atom. The summed E-state index contributed by atoms with van der Waals surface area (Å²) in [6.45, 7) is 8.00. The van der Waals surface area contributed by atoms with Crippen LogP contribution in [0.5, 0.6) is 0 Å². The van der Waals surface area contributed by atoms with E-state index in [1.807, 2.05) is 20.1 Å². The van der Waals surface area contributed by atoms with E-state index in [0.29, 0.717) is 5.92 Å².